The Morgan fingerprint density at radius 1 is 1.09 bits per heavy atom. The van der Waals surface area contributed by atoms with Gasteiger partial charge in [0.2, 0.25) is 11.7 Å². The molecule has 1 fully saturated rings. The van der Waals surface area contributed by atoms with E-state index in [1.165, 1.54) is 17.2 Å². The van der Waals surface area contributed by atoms with Crippen molar-refractivity contribution in [3.05, 3.63) is 77.7 Å². The lowest BCUT2D eigenvalue weighted by atomic mass is 10.0. The number of furan rings is 1. The number of aryl methyl sites for hydroxylation is 1. The summed E-state index contributed by atoms with van der Waals surface area (Å²) in [6, 6.07) is 7.42. The van der Waals surface area contributed by atoms with E-state index < -0.39 is 57.8 Å². The lowest BCUT2D eigenvalue weighted by Crippen LogP contribution is -2.39. The number of hydrogen-bond acceptors (Lipinski definition) is 9. The molecular formula is C34H34F2N4O7. The quantitative estimate of drug-likeness (QED) is 0.133. The van der Waals surface area contributed by atoms with Crippen LogP contribution in [0.25, 0.3) is 11.0 Å². The number of fused-ring (bicyclic) bond motifs is 1. The van der Waals surface area contributed by atoms with Crippen LogP contribution >= 0.6 is 0 Å². The minimum absolute atomic E-state index is 0.0437. The number of ether oxygens (including phenoxy) is 3. The van der Waals surface area contributed by atoms with E-state index in [2.05, 4.69) is 22.2 Å². The highest BCUT2D eigenvalue weighted by molar-refractivity contribution is 6.18. The number of methoxy groups -OCH3 is 2. The zero-order chi connectivity index (χ0) is 34.2. The molecule has 0 unspecified atom stereocenters. The first kappa shape index (κ1) is 32.9. The first-order valence-electron chi connectivity index (χ1n) is 14.7. The highest BCUT2D eigenvalue weighted by atomic mass is 19.1. The van der Waals surface area contributed by atoms with E-state index in [9.17, 15) is 14.4 Å². The predicted octanol–water partition coefficient (Wildman–Crippen LogP) is 7.43. The molecule has 4 aromatic rings. The number of halogens is 2. The molecule has 2 amide bonds. The molecule has 1 aliphatic rings. The summed E-state index contributed by atoms with van der Waals surface area (Å²) in [6.45, 7) is 10.4. The van der Waals surface area contributed by atoms with E-state index in [1.807, 2.05) is 13.0 Å². The molecule has 0 radical (unpaired) electrons. The largest absolute Gasteiger partial charge is 0.494 e. The van der Waals surface area contributed by atoms with E-state index in [0.29, 0.717) is 24.2 Å². The van der Waals surface area contributed by atoms with Crippen LogP contribution in [0, 0.1) is 18.6 Å². The van der Waals surface area contributed by atoms with Gasteiger partial charge < -0.3 is 29.3 Å². The molecule has 0 bridgehead atoms. The van der Waals surface area contributed by atoms with Gasteiger partial charge in [-0.2, -0.15) is 0 Å². The Bertz CT molecular complexity index is 1880. The summed E-state index contributed by atoms with van der Waals surface area (Å²) in [5, 5.41) is 6.17. The van der Waals surface area contributed by atoms with Gasteiger partial charge in [-0.05, 0) is 64.3 Å². The summed E-state index contributed by atoms with van der Waals surface area (Å²) < 4.78 is 52.9. The standard InChI is InChI=1S/C34H34F2N4O7/c1-8-25(41)38-20-11-9-10-17(2)29(20)39-24-14-19-23(16-37-24)46-32(30(19)40(18-12-13-18)33(43)47-34(3,4)5)31(42)26-27(35)21(44-6)15-22(45-7)28(26)36/h8-11,14-16,18H,1,12-13H2,2-7H3,(H,37,39)(H,38,41). The van der Waals surface area contributed by atoms with Crippen LogP contribution < -0.4 is 25.0 Å². The van der Waals surface area contributed by atoms with Crippen LogP contribution in [0.2, 0.25) is 0 Å². The molecule has 5 rings (SSSR count). The summed E-state index contributed by atoms with van der Waals surface area (Å²) >= 11 is 0. The molecule has 0 spiro atoms. The van der Waals surface area contributed by atoms with Gasteiger partial charge in [-0.1, -0.05) is 18.7 Å². The minimum Gasteiger partial charge on any atom is -0.494 e. The highest BCUT2D eigenvalue weighted by Gasteiger charge is 2.42. The number of carbonyl (C=O) groups is 3. The van der Waals surface area contributed by atoms with Gasteiger partial charge in [-0.3, -0.25) is 14.5 Å². The molecule has 2 heterocycles. The van der Waals surface area contributed by atoms with Crippen LogP contribution in [-0.2, 0) is 9.53 Å². The maximum absolute atomic E-state index is 15.6. The number of para-hydroxylation sites is 1. The molecule has 0 saturated heterocycles. The molecule has 1 saturated carbocycles. The van der Waals surface area contributed by atoms with Crippen molar-refractivity contribution >= 4 is 51.6 Å². The fourth-order valence-corrected chi connectivity index (χ4v) is 4.97. The molecule has 2 aromatic heterocycles. The molecule has 13 heteroatoms. The van der Waals surface area contributed by atoms with E-state index in [4.69, 9.17) is 18.6 Å². The third-order valence-electron chi connectivity index (χ3n) is 7.27. The number of pyridine rings is 1. The lowest BCUT2D eigenvalue weighted by Gasteiger charge is -2.27. The summed E-state index contributed by atoms with van der Waals surface area (Å²) in [5.41, 5.74) is -0.140. The van der Waals surface area contributed by atoms with Crippen LogP contribution in [0.15, 0.2) is 53.6 Å². The summed E-state index contributed by atoms with van der Waals surface area (Å²) in [5.74, 6) is -5.28. The van der Waals surface area contributed by atoms with Crippen molar-refractivity contribution in [3.8, 4) is 11.5 Å². The highest BCUT2D eigenvalue weighted by Crippen LogP contribution is 2.44. The van der Waals surface area contributed by atoms with Crippen LogP contribution in [0.3, 0.4) is 0 Å². The number of rotatable bonds is 10. The summed E-state index contributed by atoms with van der Waals surface area (Å²) in [7, 11) is 2.33. The first-order valence-corrected chi connectivity index (χ1v) is 14.7. The maximum Gasteiger partial charge on any atom is 0.415 e. The fourth-order valence-electron chi connectivity index (χ4n) is 4.97. The van der Waals surface area contributed by atoms with Crippen molar-refractivity contribution < 1.29 is 41.8 Å². The molecule has 2 aromatic carbocycles. The Balaban J connectivity index is 1.72. The third kappa shape index (κ3) is 6.60. The van der Waals surface area contributed by atoms with Gasteiger partial charge in [0, 0.05) is 12.1 Å². The molecule has 246 valence electrons. The maximum atomic E-state index is 15.6. The summed E-state index contributed by atoms with van der Waals surface area (Å²) in [4.78, 5) is 45.6. The number of aromatic nitrogens is 1. The minimum atomic E-state index is -1.27. The average Bonchev–Trinajstić information content (AvgIpc) is 3.78. The lowest BCUT2D eigenvalue weighted by molar-refractivity contribution is -0.111. The Kier molecular flexibility index (Phi) is 8.92. The van der Waals surface area contributed by atoms with Crippen molar-refractivity contribution in [3.63, 3.8) is 0 Å². The first-order chi connectivity index (χ1) is 22.3. The summed E-state index contributed by atoms with van der Waals surface area (Å²) in [6.07, 6.45) is 2.85. The normalized spacial score (nSPS) is 12.8. The second-order valence-electron chi connectivity index (χ2n) is 11.9. The average molecular weight is 649 g/mol. The van der Waals surface area contributed by atoms with Gasteiger partial charge in [-0.25, -0.2) is 18.6 Å². The van der Waals surface area contributed by atoms with Gasteiger partial charge in [0.05, 0.1) is 37.2 Å². The van der Waals surface area contributed by atoms with Crippen LogP contribution in [0.1, 0.15) is 55.3 Å². The molecule has 0 aliphatic heterocycles. The SMILES string of the molecule is C=CC(=O)Nc1cccc(C)c1Nc1cc2c(N(C(=O)OC(C)(C)C)C3CC3)c(C(=O)c3c(F)c(OC)cc(OC)c3F)oc2cn1. The Labute approximate surface area is 269 Å². The van der Waals surface area contributed by atoms with Crippen molar-refractivity contribution in [2.45, 2.75) is 52.2 Å². The topological polar surface area (TPSA) is 132 Å². The number of nitrogens with zero attached hydrogens (tertiary/aromatic N) is 2. The van der Waals surface area contributed by atoms with Crippen LogP contribution in [0.4, 0.5) is 36.5 Å². The predicted molar refractivity (Wildman–Crippen MR) is 172 cm³/mol. The van der Waals surface area contributed by atoms with E-state index in [-0.39, 0.29) is 28.5 Å². The van der Waals surface area contributed by atoms with Crippen molar-refractivity contribution in [1.29, 1.82) is 0 Å². The number of carbonyl (C=O) groups excluding carboxylic acids is 3. The number of amides is 2. The van der Waals surface area contributed by atoms with Gasteiger partial charge in [0.25, 0.3) is 0 Å². The molecule has 47 heavy (non-hydrogen) atoms. The van der Waals surface area contributed by atoms with Crippen molar-refractivity contribution in [1.82, 2.24) is 4.98 Å². The molecular weight excluding hydrogens is 614 g/mol. The van der Waals surface area contributed by atoms with Crippen LogP contribution in [-0.4, -0.2) is 48.6 Å². The van der Waals surface area contributed by atoms with Gasteiger partial charge >= 0.3 is 6.09 Å². The van der Waals surface area contributed by atoms with Crippen molar-refractivity contribution in [2.24, 2.45) is 0 Å². The zero-order valence-electron chi connectivity index (χ0n) is 26.7. The molecule has 11 nitrogen and oxygen atoms in total. The number of hydrogen-bond donors (Lipinski definition) is 2. The monoisotopic (exact) mass is 648 g/mol. The van der Waals surface area contributed by atoms with Crippen molar-refractivity contribution in [2.75, 3.05) is 29.8 Å². The van der Waals surface area contributed by atoms with E-state index in [1.54, 1.807) is 32.9 Å². The Morgan fingerprint density at radius 3 is 2.32 bits per heavy atom. The smallest absolute Gasteiger partial charge is 0.415 e. The molecule has 1 aliphatic carbocycles. The van der Waals surface area contributed by atoms with Crippen LogP contribution in [0.5, 0.6) is 11.5 Å². The molecule has 2 N–H and O–H groups in total. The zero-order valence-corrected chi connectivity index (χ0v) is 26.7. The van der Waals surface area contributed by atoms with E-state index in [0.717, 1.165) is 31.9 Å². The third-order valence-corrected chi connectivity index (χ3v) is 7.27. The second kappa shape index (κ2) is 12.7. The Morgan fingerprint density at radius 2 is 1.74 bits per heavy atom. The number of anilines is 4. The number of benzene rings is 2. The van der Waals surface area contributed by atoms with E-state index >= 15 is 8.78 Å². The molecule has 0 atom stereocenters. The fraction of sp³-hybridized carbons (Fsp3) is 0.294. The van der Waals surface area contributed by atoms with Gasteiger partial charge in [0.1, 0.15) is 22.7 Å². The second-order valence-corrected chi connectivity index (χ2v) is 11.9. The number of nitrogens with one attached hydrogen (secondary N) is 2. The van der Waals surface area contributed by atoms with Gasteiger partial charge in [-0.15, -0.1) is 0 Å². The number of ketones is 1. The Hall–Kier alpha value is -5.46. The van der Waals surface area contributed by atoms with Gasteiger partial charge in [0.15, 0.2) is 34.5 Å².